The number of nitrogens with zero attached hydrogens (tertiary/aromatic N) is 6. The second kappa shape index (κ2) is 6.14. The van der Waals surface area contributed by atoms with E-state index in [1.165, 1.54) is 18.7 Å². The summed E-state index contributed by atoms with van der Waals surface area (Å²) in [7, 11) is 6.26. The predicted molar refractivity (Wildman–Crippen MR) is 97.9 cm³/mol. The first-order chi connectivity index (χ1) is 11.6. The Kier molecular flexibility index (Phi) is 3.97. The molecule has 7 heteroatoms. The molecule has 3 aromatic rings. The molecular weight excluding hydrogens is 320 g/mol. The zero-order valence-corrected chi connectivity index (χ0v) is 15.1. The number of hydrogen-bond donors (Lipinski definition) is 0. The van der Waals surface area contributed by atoms with Crippen LogP contribution in [0.2, 0.25) is 0 Å². The molecule has 0 aliphatic carbocycles. The van der Waals surface area contributed by atoms with Gasteiger partial charge in [-0.2, -0.15) is 9.61 Å². The number of piperidine rings is 1. The summed E-state index contributed by atoms with van der Waals surface area (Å²) in [5, 5.41) is 14.6. The second-order valence-corrected chi connectivity index (χ2v) is 7.66. The molecule has 1 saturated heterocycles. The summed E-state index contributed by atoms with van der Waals surface area (Å²) in [4.78, 5) is 5.34. The van der Waals surface area contributed by atoms with Crippen molar-refractivity contribution in [1.29, 1.82) is 0 Å². The fourth-order valence-corrected chi connectivity index (χ4v) is 4.13. The van der Waals surface area contributed by atoms with Crippen LogP contribution >= 0.6 is 11.3 Å². The van der Waals surface area contributed by atoms with Gasteiger partial charge < -0.3 is 9.80 Å². The lowest BCUT2D eigenvalue weighted by Gasteiger charge is -2.28. The molecule has 0 bridgehead atoms. The first-order valence-electron chi connectivity index (χ1n) is 8.30. The summed E-state index contributed by atoms with van der Waals surface area (Å²) in [6.07, 6.45) is 2.37. The van der Waals surface area contributed by atoms with Crippen LogP contribution in [0.5, 0.6) is 0 Å². The van der Waals surface area contributed by atoms with Gasteiger partial charge in [-0.05, 0) is 50.7 Å². The Bertz CT molecular complexity index is 835. The maximum atomic E-state index is 4.80. The number of likely N-dealkylation sites (tertiary alicyclic amines) is 1. The molecule has 4 rings (SSSR count). The maximum Gasteiger partial charge on any atom is 0.234 e. The van der Waals surface area contributed by atoms with E-state index in [2.05, 4.69) is 51.3 Å². The van der Waals surface area contributed by atoms with Crippen LogP contribution in [0.3, 0.4) is 0 Å². The molecule has 1 unspecified atom stereocenters. The van der Waals surface area contributed by atoms with E-state index in [1.54, 1.807) is 11.3 Å². The molecule has 24 heavy (non-hydrogen) atoms. The zero-order chi connectivity index (χ0) is 16.7. The number of rotatable bonds is 3. The number of likely N-dealkylation sites (N-methyl/N-ethyl adjacent to an activating group) is 1. The molecular formula is C17H22N6S. The van der Waals surface area contributed by atoms with E-state index in [9.17, 15) is 0 Å². The Morgan fingerprint density at radius 3 is 2.67 bits per heavy atom. The molecule has 1 aliphatic rings. The highest BCUT2D eigenvalue weighted by Gasteiger charge is 2.25. The molecule has 3 heterocycles. The fraction of sp³-hybridized carbons (Fsp3) is 0.471. The Morgan fingerprint density at radius 1 is 1.17 bits per heavy atom. The number of benzene rings is 1. The lowest BCUT2D eigenvalue weighted by Crippen LogP contribution is -2.31. The molecule has 0 spiro atoms. The van der Waals surface area contributed by atoms with Gasteiger partial charge in [-0.25, -0.2) is 0 Å². The minimum absolute atomic E-state index is 0.421. The fourth-order valence-electron chi connectivity index (χ4n) is 3.28. The van der Waals surface area contributed by atoms with E-state index in [0.29, 0.717) is 5.92 Å². The number of hydrogen-bond acceptors (Lipinski definition) is 6. The van der Waals surface area contributed by atoms with Crippen molar-refractivity contribution in [1.82, 2.24) is 24.7 Å². The minimum Gasteiger partial charge on any atom is -0.378 e. The van der Waals surface area contributed by atoms with Gasteiger partial charge in [-0.3, -0.25) is 0 Å². The molecule has 1 atom stereocenters. The average molecular weight is 342 g/mol. The topological polar surface area (TPSA) is 49.6 Å². The van der Waals surface area contributed by atoms with Crippen molar-refractivity contribution in [3.63, 3.8) is 0 Å². The third kappa shape index (κ3) is 2.78. The Labute approximate surface area is 145 Å². The van der Waals surface area contributed by atoms with Crippen molar-refractivity contribution in [3.8, 4) is 10.6 Å². The van der Waals surface area contributed by atoms with Crippen LogP contribution in [-0.2, 0) is 0 Å². The normalized spacial score (nSPS) is 19.0. The third-order valence-electron chi connectivity index (χ3n) is 4.64. The average Bonchev–Trinajstić information content (AvgIpc) is 3.15. The standard InChI is InChI=1S/C17H22N6S/c1-21(2)14-8-6-12(7-9-14)16-20-23-15(18-19-17(23)24-16)13-5-4-10-22(3)11-13/h6-9,13H,4-5,10-11H2,1-3H3. The van der Waals surface area contributed by atoms with Crippen LogP contribution in [0.1, 0.15) is 24.6 Å². The number of aromatic nitrogens is 4. The highest BCUT2D eigenvalue weighted by molar-refractivity contribution is 7.19. The summed E-state index contributed by atoms with van der Waals surface area (Å²) < 4.78 is 1.95. The highest BCUT2D eigenvalue weighted by atomic mass is 32.1. The first kappa shape index (κ1) is 15.5. The van der Waals surface area contributed by atoms with Gasteiger partial charge >= 0.3 is 0 Å². The van der Waals surface area contributed by atoms with Crippen LogP contribution in [-0.4, -0.2) is 58.9 Å². The predicted octanol–water partition coefficient (Wildman–Crippen LogP) is 2.73. The second-order valence-electron chi connectivity index (χ2n) is 6.70. The smallest absolute Gasteiger partial charge is 0.234 e. The Hall–Kier alpha value is -1.99. The van der Waals surface area contributed by atoms with E-state index in [4.69, 9.17) is 5.10 Å². The molecule has 0 amide bonds. The van der Waals surface area contributed by atoms with Crippen molar-refractivity contribution >= 4 is 22.0 Å². The van der Waals surface area contributed by atoms with Crippen molar-refractivity contribution in [2.45, 2.75) is 18.8 Å². The monoisotopic (exact) mass is 342 g/mol. The Morgan fingerprint density at radius 2 is 1.96 bits per heavy atom. The molecule has 1 fully saturated rings. The van der Waals surface area contributed by atoms with E-state index in [-0.39, 0.29) is 0 Å². The molecule has 0 N–H and O–H groups in total. The maximum absolute atomic E-state index is 4.80. The van der Waals surface area contributed by atoms with Crippen LogP contribution in [0.25, 0.3) is 15.5 Å². The van der Waals surface area contributed by atoms with Crippen molar-refractivity contribution in [2.75, 3.05) is 39.1 Å². The van der Waals surface area contributed by atoms with E-state index in [1.807, 2.05) is 18.6 Å². The SMILES string of the molecule is CN1CCCC(c2nnc3sc(-c4ccc(N(C)C)cc4)nn23)C1. The van der Waals surface area contributed by atoms with Gasteiger partial charge in [-0.1, -0.05) is 11.3 Å². The molecule has 126 valence electrons. The summed E-state index contributed by atoms with van der Waals surface area (Å²) in [6.45, 7) is 2.20. The van der Waals surface area contributed by atoms with Gasteiger partial charge in [0.2, 0.25) is 4.96 Å². The summed E-state index contributed by atoms with van der Waals surface area (Å²) >= 11 is 1.60. The van der Waals surface area contributed by atoms with Gasteiger partial charge in [0.15, 0.2) is 5.82 Å². The highest BCUT2D eigenvalue weighted by Crippen LogP contribution is 2.30. The zero-order valence-electron chi connectivity index (χ0n) is 14.3. The van der Waals surface area contributed by atoms with E-state index < -0.39 is 0 Å². The van der Waals surface area contributed by atoms with Gasteiger partial charge in [0, 0.05) is 37.8 Å². The molecule has 1 aliphatic heterocycles. The summed E-state index contributed by atoms with van der Waals surface area (Å²) in [6, 6.07) is 8.48. The first-order valence-corrected chi connectivity index (χ1v) is 9.12. The third-order valence-corrected chi connectivity index (χ3v) is 5.58. The van der Waals surface area contributed by atoms with Crippen molar-refractivity contribution < 1.29 is 0 Å². The van der Waals surface area contributed by atoms with Gasteiger partial charge in [0.25, 0.3) is 0 Å². The molecule has 6 nitrogen and oxygen atoms in total. The van der Waals surface area contributed by atoms with E-state index in [0.717, 1.165) is 34.3 Å². The molecule has 0 saturated carbocycles. The van der Waals surface area contributed by atoms with Crippen LogP contribution < -0.4 is 4.90 Å². The minimum atomic E-state index is 0.421. The molecule has 0 radical (unpaired) electrons. The van der Waals surface area contributed by atoms with Crippen LogP contribution in [0, 0.1) is 0 Å². The quantitative estimate of drug-likeness (QED) is 0.732. The van der Waals surface area contributed by atoms with Crippen LogP contribution in [0.4, 0.5) is 5.69 Å². The summed E-state index contributed by atoms with van der Waals surface area (Å²) in [5.41, 5.74) is 2.32. The lowest BCUT2D eigenvalue weighted by molar-refractivity contribution is 0.244. The number of anilines is 1. The van der Waals surface area contributed by atoms with Crippen molar-refractivity contribution in [2.24, 2.45) is 0 Å². The summed E-state index contributed by atoms with van der Waals surface area (Å²) in [5.74, 6) is 1.42. The lowest BCUT2D eigenvalue weighted by atomic mass is 9.98. The van der Waals surface area contributed by atoms with Gasteiger partial charge in [0.05, 0.1) is 0 Å². The van der Waals surface area contributed by atoms with Gasteiger partial charge in [0.1, 0.15) is 5.01 Å². The molecule has 2 aromatic heterocycles. The van der Waals surface area contributed by atoms with E-state index >= 15 is 0 Å². The van der Waals surface area contributed by atoms with Crippen LogP contribution in [0.15, 0.2) is 24.3 Å². The van der Waals surface area contributed by atoms with Crippen molar-refractivity contribution in [3.05, 3.63) is 30.1 Å². The van der Waals surface area contributed by atoms with Gasteiger partial charge in [-0.15, -0.1) is 10.2 Å². The Balaban J connectivity index is 1.66. The number of fused-ring (bicyclic) bond motifs is 1. The molecule has 1 aromatic carbocycles. The largest absolute Gasteiger partial charge is 0.378 e.